The van der Waals surface area contributed by atoms with Crippen molar-refractivity contribution in [3.8, 4) is 0 Å². The third kappa shape index (κ3) is 3.34. The fourth-order valence-electron chi connectivity index (χ4n) is 1.77. The van der Waals surface area contributed by atoms with Crippen molar-refractivity contribution in [3.63, 3.8) is 0 Å². The van der Waals surface area contributed by atoms with Crippen LogP contribution in [0.4, 0.5) is 0 Å². The van der Waals surface area contributed by atoms with Gasteiger partial charge in [-0.1, -0.05) is 25.1 Å². The number of sulfone groups is 2. The lowest BCUT2D eigenvalue weighted by Gasteiger charge is -2.17. The summed E-state index contributed by atoms with van der Waals surface area (Å²) in [5.41, 5.74) is 0. The van der Waals surface area contributed by atoms with E-state index < -0.39 is 35.2 Å². The Morgan fingerprint density at radius 2 is 1.70 bits per heavy atom. The predicted octanol–water partition coefficient (Wildman–Crippen LogP) is 1.05. The van der Waals surface area contributed by atoms with E-state index in [2.05, 4.69) is 0 Å². The quantitative estimate of drug-likeness (QED) is 0.572. The molecule has 1 unspecified atom stereocenters. The van der Waals surface area contributed by atoms with Gasteiger partial charge < -0.3 is 0 Å². The van der Waals surface area contributed by atoms with Crippen LogP contribution in [0.5, 0.6) is 0 Å². The molecule has 0 heterocycles. The summed E-state index contributed by atoms with van der Waals surface area (Å²) in [5, 5.41) is 10.9. The van der Waals surface area contributed by atoms with Crippen molar-refractivity contribution in [2.45, 2.75) is 22.8 Å². The van der Waals surface area contributed by atoms with Gasteiger partial charge in [0, 0.05) is 17.6 Å². The summed E-state index contributed by atoms with van der Waals surface area (Å²) in [7, 11) is -8.58. The molecule has 1 aromatic rings. The lowest BCUT2D eigenvalue weighted by atomic mass is 10.3. The van der Waals surface area contributed by atoms with E-state index in [4.69, 9.17) is 0 Å². The maximum Gasteiger partial charge on any atom is 0.323 e. The highest BCUT2D eigenvalue weighted by Gasteiger charge is 2.50. The second-order valence-corrected chi connectivity index (χ2v) is 8.58. The van der Waals surface area contributed by atoms with Gasteiger partial charge in [-0.25, -0.2) is 16.8 Å². The number of hydrogen-bond acceptors (Lipinski definition) is 6. The van der Waals surface area contributed by atoms with Gasteiger partial charge in [0.15, 0.2) is 9.84 Å². The number of benzene rings is 1. The minimum atomic E-state index is -4.38. The second-order valence-electron chi connectivity index (χ2n) is 4.12. The molecule has 0 saturated heterocycles. The maximum atomic E-state index is 12.4. The van der Waals surface area contributed by atoms with Gasteiger partial charge in [0.2, 0.25) is 14.4 Å². The fourth-order valence-corrected chi connectivity index (χ4v) is 6.09. The van der Waals surface area contributed by atoms with Gasteiger partial charge in [0.25, 0.3) is 0 Å². The van der Waals surface area contributed by atoms with E-state index in [-0.39, 0.29) is 11.3 Å². The van der Waals surface area contributed by atoms with E-state index >= 15 is 0 Å². The van der Waals surface area contributed by atoms with Crippen LogP contribution in [0, 0.1) is 16.2 Å². The van der Waals surface area contributed by atoms with Gasteiger partial charge in [0.05, 0.1) is 4.90 Å². The van der Waals surface area contributed by atoms with Crippen molar-refractivity contribution < 1.29 is 21.8 Å². The van der Waals surface area contributed by atoms with Gasteiger partial charge in [-0.2, -0.15) is 0 Å². The van der Waals surface area contributed by atoms with Gasteiger partial charge in [0.1, 0.15) is 0 Å². The largest absolute Gasteiger partial charge is 0.323 e. The molecule has 0 amide bonds. The van der Waals surface area contributed by atoms with Crippen LogP contribution >= 0.6 is 0 Å². The van der Waals surface area contributed by atoms with E-state index in [1.54, 1.807) is 6.07 Å². The zero-order chi connectivity index (χ0) is 15.6. The molecular formula is C11H14NO6S2. The van der Waals surface area contributed by atoms with Crippen LogP contribution in [0.25, 0.3) is 0 Å². The normalized spacial score (nSPS) is 14.2. The van der Waals surface area contributed by atoms with Gasteiger partial charge in [-0.3, -0.25) is 10.1 Å². The van der Waals surface area contributed by atoms with Crippen molar-refractivity contribution in [2.24, 2.45) is 0 Å². The number of hydrogen-bond donors (Lipinski definition) is 0. The van der Waals surface area contributed by atoms with Gasteiger partial charge >= 0.3 is 6.04 Å². The maximum absolute atomic E-state index is 12.4. The Morgan fingerprint density at radius 1 is 1.20 bits per heavy atom. The third-order valence-corrected chi connectivity index (χ3v) is 7.23. The van der Waals surface area contributed by atoms with Crippen molar-refractivity contribution in [1.29, 1.82) is 0 Å². The molecule has 7 nitrogen and oxygen atoms in total. The van der Waals surface area contributed by atoms with E-state index in [0.29, 0.717) is 6.26 Å². The molecule has 0 aromatic heterocycles. The Kier molecular flexibility index (Phi) is 4.87. The Balaban J connectivity index is 3.51. The molecule has 1 atom stereocenters. The predicted molar refractivity (Wildman–Crippen MR) is 72.8 cm³/mol. The monoisotopic (exact) mass is 320 g/mol. The minimum absolute atomic E-state index is 0.261. The van der Waals surface area contributed by atoms with Gasteiger partial charge in [-0.05, 0) is 12.1 Å². The molecule has 0 spiro atoms. The Labute approximate surface area is 117 Å². The van der Waals surface area contributed by atoms with E-state index in [1.165, 1.54) is 31.2 Å². The molecule has 1 aromatic carbocycles. The molecular weight excluding hydrogens is 306 g/mol. The molecule has 20 heavy (non-hydrogen) atoms. The first kappa shape index (κ1) is 16.6. The summed E-state index contributed by atoms with van der Waals surface area (Å²) in [6.45, 7) is 1.34. The van der Waals surface area contributed by atoms with Crippen LogP contribution in [-0.2, 0) is 19.7 Å². The Hall–Kier alpha value is -1.48. The van der Waals surface area contributed by atoms with E-state index in [9.17, 15) is 26.9 Å². The topological polar surface area (TPSA) is 111 Å². The lowest BCUT2D eigenvalue weighted by molar-refractivity contribution is -0.465. The minimum Gasteiger partial charge on any atom is -0.264 e. The zero-order valence-corrected chi connectivity index (χ0v) is 12.5. The molecule has 1 rings (SSSR count). The second kappa shape index (κ2) is 5.88. The Bertz CT molecular complexity index is 681. The van der Waals surface area contributed by atoms with E-state index in [0.717, 1.165) is 0 Å². The van der Waals surface area contributed by atoms with Crippen LogP contribution in [0.15, 0.2) is 35.2 Å². The standard InChI is InChI=1S/C11H14NO6S2/c1-3-10(12(13)14)11(19(2,15)16)20(17,18)9-7-5-4-6-8-9/h4-8,11H,3H2,1-2H3. The highest BCUT2D eigenvalue weighted by Crippen LogP contribution is 2.29. The molecule has 1 radical (unpaired) electrons. The van der Waals surface area contributed by atoms with E-state index in [1.807, 2.05) is 0 Å². The van der Waals surface area contributed by atoms with Crippen LogP contribution in [-0.4, -0.2) is 32.6 Å². The SMILES string of the molecule is CC[C](C(S(C)(=O)=O)S(=O)(=O)c1ccccc1)[N+](=O)[O-]. The Morgan fingerprint density at radius 3 is 2.05 bits per heavy atom. The first-order valence-corrected chi connectivity index (χ1v) is 9.10. The lowest BCUT2D eigenvalue weighted by Crippen LogP contribution is -2.39. The summed E-state index contributed by atoms with van der Waals surface area (Å²) in [6.07, 6.45) is 0.397. The van der Waals surface area contributed by atoms with Crippen molar-refractivity contribution >= 4 is 19.7 Å². The molecule has 0 aliphatic carbocycles. The average molecular weight is 320 g/mol. The third-order valence-electron chi connectivity index (χ3n) is 2.61. The highest BCUT2D eigenvalue weighted by atomic mass is 32.3. The van der Waals surface area contributed by atoms with Crippen molar-refractivity contribution in [3.05, 3.63) is 46.5 Å². The van der Waals surface area contributed by atoms with Crippen molar-refractivity contribution in [1.82, 2.24) is 0 Å². The summed E-state index contributed by atoms with van der Waals surface area (Å²) >= 11 is 0. The molecule has 0 bridgehead atoms. The summed E-state index contributed by atoms with van der Waals surface area (Å²) < 4.78 is 46.1. The first-order valence-electron chi connectivity index (χ1n) is 5.60. The van der Waals surface area contributed by atoms with Crippen LogP contribution in [0.1, 0.15) is 13.3 Å². The van der Waals surface area contributed by atoms with Gasteiger partial charge in [-0.15, -0.1) is 0 Å². The van der Waals surface area contributed by atoms with Crippen molar-refractivity contribution in [2.75, 3.05) is 6.26 Å². The molecule has 0 aliphatic heterocycles. The summed E-state index contributed by atoms with van der Waals surface area (Å²) in [5.74, 6) is 0. The zero-order valence-electron chi connectivity index (χ0n) is 10.9. The smallest absolute Gasteiger partial charge is 0.264 e. The molecule has 0 aliphatic rings. The van der Waals surface area contributed by atoms with Crippen LogP contribution < -0.4 is 0 Å². The summed E-state index contributed by atoms with van der Waals surface area (Å²) in [4.78, 5) is 9.74. The van der Waals surface area contributed by atoms with Crippen LogP contribution in [0.3, 0.4) is 0 Å². The summed E-state index contributed by atoms with van der Waals surface area (Å²) in [6, 6.07) is 6.07. The fraction of sp³-hybridized carbons (Fsp3) is 0.364. The van der Waals surface area contributed by atoms with Crippen LogP contribution in [0.2, 0.25) is 0 Å². The first-order chi connectivity index (χ1) is 9.12. The average Bonchev–Trinajstić information content (AvgIpc) is 2.34. The highest BCUT2D eigenvalue weighted by molar-refractivity contribution is 8.09. The number of nitro groups is 1. The molecule has 111 valence electrons. The number of rotatable bonds is 6. The molecule has 0 saturated carbocycles. The molecule has 9 heteroatoms. The molecule has 0 N–H and O–H groups in total. The molecule has 0 fully saturated rings. The number of nitrogens with zero attached hydrogens (tertiary/aromatic N) is 1.